The number of rotatable bonds is 3. The van der Waals surface area contributed by atoms with Crippen molar-refractivity contribution in [3.05, 3.63) is 49.8 Å². The Balaban J connectivity index is 2.14. The third-order valence-corrected chi connectivity index (χ3v) is 4.59. The van der Waals surface area contributed by atoms with Gasteiger partial charge in [-0.2, -0.15) is 0 Å². The molecular weight excluding hydrogens is 506 g/mol. The summed E-state index contributed by atoms with van der Waals surface area (Å²) in [5.41, 5.74) is 0.652. The Morgan fingerprint density at radius 2 is 1.50 bits per heavy atom. The van der Waals surface area contributed by atoms with Gasteiger partial charge in [0.05, 0.1) is 5.69 Å². The van der Waals surface area contributed by atoms with E-state index in [1.165, 1.54) is 0 Å². The molecule has 0 aromatic heterocycles. The van der Waals surface area contributed by atoms with E-state index in [1.807, 2.05) is 24.3 Å². The second kappa shape index (κ2) is 8.50. The Hall–Kier alpha value is -1.58. The summed E-state index contributed by atoms with van der Waals surface area (Å²) in [6.07, 6.45) is 0. The Bertz CT molecular complexity index is 741. The number of nitrogens with one attached hydrogen (secondary N) is 5. The molecule has 0 spiro atoms. The largest absolute Gasteiger partial charge is 0.457 e. The van der Waals surface area contributed by atoms with Gasteiger partial charge in [0.1, 0.15) is 11.5 Å². The van der Waals surface area contributed by atoms with Crippen molar-refractivity contribution in [2.75, 3.05) is 12.4 Å². The van der Waals surface area contributed by atoms with Crippen LogP contribution in [0.5, 0.6) is 11.5 Å². The quantitative estimate of drug-likeness (QED) is 0.296. The Labute approximate surface area is 164 Å². The average molecular weight is 520 g/mol. The van der Waals surface area contributed by atoms with Crippen LogP contribution in [0.25, 0.3) is 0 Å². The first-order chi connectivity index (χ1) is 11.4. The molecule has 2 rings (SSSR count). The highest BCUT2D eigenvalue weighted by atomic mass is 79.9. The number of anilines is 1. The number of ether oxygens (including phenoxy) is 1. The molecule has 0 saturated carbocycles. The van der Waals surface area contributed by atoms with E-state index in [-0.39, 0.29) is 11.9 Å². The molecule has 0 atom stereocenters. The van der Waals surface area contributed by atoms with E-state index in [9.17, 15) is 0 Å². The number of guanidine groups is 2. The predicted molar refractivity (Wildman–Crippen MR) is 107 cm³/mol. The standard InChI is InChI=1S/C15H14Br3N5O/c1-21-14(19)23-15(20)22-13-11(17)6-10(7-12(13)18)24-9-4-2-8(16)3-5-9/h2-7H,1H3,(H5,19,20,21,22,23). The molecule has 0 aliphatic rings. The summed E-state index contributed by atoms with van der Waals surface area (Å²) >= 11 is 10.3. The number of hydrogen-bond donors (Lipinski definition) is 5. The molecule has 0 amide bonds. The summed E-state index contributed by atoms with van der Waals surface area (Å²) < 4.78 is 8.23. The van der Waals surface area contributed by atoms with Crippen molar-refractivity contribution in [1.82, 2.24) is 10.6 Å². The van der Waals surface area contributed by atoms with Gasteiger partial charge >= 0.3 is 0 Å². The third-order valence-electron chi connectivity index (χ3n) is 2.81. The lowest BCUT2D eigenvalue weighted by Gasteiger charge is -2.15. The van der Waals surface area contributed by atoms with Crippen molar-refractivity contribution in [3.63, 3.8) is 0 Å². The molecule has 24 heavy (non-hydrogen) atoms. The number of halogens is 3. The van der Waals surface area contributed by atoms with Crippen LogP contribution in [0.15, 0.2) is 49.8 Å². The lowest BCUT2D eigenvalue weighted by atomic mass is 10.3. The topological polar surface area (TPSA) is 93.0 Å². The summed E-state index contributed by atoms with van der Waals surface area (Å²) in [6.45, 7) is 0. The fourth-order valence-corrected chi connectivity index (χ4v) is 3.32. The van der Waals surface area contributed by atoms with Gasteiger partial charge in [-0.25, -0.2) is 0 Å². The summed E-state index contributed by atoms with van der Waals surface area (Å²) in [5.74, 6) is 1.35. The zero-order chi connectivity index (χ0) is 17.7. The fraction of sp³-hybridized carbons (Fsp3) is 0.0667. The maximum Gasteiger partial charge on any atom is 0.199 e. The molecule has 0 bridgehead atoms. The highest BCUT2D eigenvalue weighted by Crippen LogP contribution is 2.37. The molecule has 0 aliphatic heterocycles. The van der Waals surface area contributed by atoms with Gasteiger partial charge in [0, 0.05) is 20.5 Å². The van der Waals surface area contributed by atoms with Crippen LogP contribution in [0.2, 0.25) is 0 Å². The van der Waals surface area contributed by atoms with Gasteiger partial charge in [-0.05, 0) is 68.3 Å². The van der Waals surface area contributed by atoms with Crippen LogP contribution in [0.3, 0.4) is 0 Å². The molecule has 0 heterocycles. The van der Waals surface area contributed by atoms with Crippen molar-refractivity contribution >= 4 is 65.4 Å². The minimum Gasteiger partial charge on any atom is -0.457 e. The van der Waals surface area contributed by atoms with Crippen molar-refractivity contribution < 1.29 is 4.74 Å². The lowest BCUT2D eigenvalue weighted by Crippen LogP contribution is -2.41. The van der Waals surface area contributed by atoms with E-state index in [2.05, 4.69) is 63.7 Å². The molecule has 2 aromatic carbocycles. The molecular formula is C15H14Br3N5O. The van der Waals surface area contributed by atoms with Gasteiger partial charge < -0.3 is 15.4 Å². The third kappa shape index (κ3) is 5.22. The van der Waals surface area contributed by atoms with Gasteiger partial charge in [0.25, 0.3) is 0 Å². The molecule has 0 saturated heterocycles. The summed E-state index contributed by atoms with van der Waals surface area (Å²) in [4.78, 5) is 0. The molecule has 9 heteroatoms. The van der Waals surface area contributed by atoms with Crippen LogP contribution in [-0.4, -0.2) is 19.0 Å². The van der Waals surface area contributed by atoms with Gasteiger partial charge in [-0.1, -0.05) is 15.9 Å². The van der Waals surface area contributed by atoms with Gasteiger partial charge in [0.15, 0.2) is 11.9 Å². The summed E-state index contributed by atoms with van der Waals surface area (Å²) in [6, 6.07) is 11.1. The number of benzene rings is 2. The highest BCUT2D eigenvalue weighted by Gasteiger charge is 2.11. The Morgan fingerprint density at radius 1 is 0.917 bits per heavy atom. The zero-order valence-electron chi connectivity index (χ0n) is 12.5. The minimum absolute atomic E-state index is 0.0231. The van der Waals surface area contributed by atoms with Crippen LogP contribution in [0.1, 0.15) is 0 Å². The highest BCUT2D eigenvalue weighted by molar-refractivity contribution is 9.11. The van der Waals surface area contributed by atoms with Crippen LogP contribution in [-0.2, 0) is 0 Å². The van der Waals surface area contributed by atoms with E-state index >= 15 is 0 Å². The molecule has 0 fully saturated rings. The summed E-state index contributed by atoms with van der Waals surface area (Å²) in [5, 5.41) is 23.3. The summed E-state index contributed by atoms with van der Waals surface area (Å²) in [7, 11) is 1.60. The van der Waals surface area contributed by atoms with Crippen molar-refractivity contribution in [3.8, 4) is 11.5 Å². The maximum atomic E-state index is 7.83. The average Bonchev–Trinajstić information content (AvgIpc) is 2.53. The molecule has 0 aliphatic carbocycles. The molecule has 5 N–H and O–H groups in total. The van der Waals surface area contributed by atoms with Crippen LogP contribution in [0.4, 0.5) is 5.69 Å². The Morgan fingerprint density at radius 3 is 2.04 bits per heavy atom. The van der Waals surface area contributed by atoms with E-state index < -0.39 is 0 Å². The van der Waals surface area contributed by atoms with E-state index in [0.717, 1.165) is 10.2 Å². The monoisotopic (exact) mass is 517 g/mol. The first-order valence-corrected chi connectivity index (χ1v) is 9.08. The lowest BCUT2D eigenvalue weighted by molar-refractivity contribution is 0.482. The maximum absolute atomic E-state index is 7.83. The van der Waals surface area contributed by atoms with Gasteiger partial charge in [0.2, 0.25) is 0 Å². The van der Waals surface area contributed by atoms with Crippen LogP contribution >= 0.6 is 47.8 Å². The van der Waals surface area contributed by atoms with E-state index in [1.54, 1.807) is 19.2 Å². The predicted octanol–water partition coefficient (Wildman–Crippen LogP) is 4.86. The van der Waals surface area contributed by atoms with E-state index in [0.29, 0.717) is 20.4 Å². The van der Waals surface area contributed by atoms with Crippen molar-refractivity contribution in [1.29, 1.82) is 10.8 Å². The molecule has 2 aromatic rings. The fourth-order valence-electron chi connectivity index (χ4n) is 1.71. The Kier molecular flexibility index (Phi) is 6.64. The second-order valence-corrected chi connectivity index (χ2v) is 7.19. The smallest absolute Gasteiger partial charge is 0.199 e. The molecule has 6 nitrogen and oxygen atoms in total. The van der Waals surface area contributed by atoms with Gasteiger partial charge in [-0.3, -0.25) is 16.1 Å². The van der Waals surface area contributed by atoms with Gasteiger partial charge in [-0.15, -0.1) is 0 Å². The molecule has 0 unspecified atom stereocenters. The molecule has 0 radical (unpaired) electrons. The SMILES string of the molecule is CNC(=N)NC(=N)Nc1c(Br)cc(Oc2ccc(Br)cc2)cc1Br. The zero-order valence-corrected chi connectivity index (χ0v) is 17.3. The normalized spacial score (nSPS) is 10.0. The number of hydrogen-bond acceptors (Lipinski definition) is 3. The van der Waals surface area contributed by atoms with Crippen LogP contribution < -0.4 is 20.7 Å². The van der Waals surface area contributed by atoms with Crippen molar-refractivity contribution in [2.45, 2.75) is 0 Å². The van der Waals surface area contributed by atoms with Crippen molar-refractivity contribution in [2.24, 2.45) is 0 Å². The van der Waals surface area contributed by atoms with E-state index in [4.69, 9.17) is 15.6 Å². The molecule has 126 valence electrons. The second-order valence-electron chi connectivity index (χ2n) is 4.57. The van der Waals surface area contributed by atoms with Crippen LogP contribution in [0, 0.1) is 10.8 Å². The first kappa shape index (κ1) is 18.8. The minimum atomic E-state index is -0.0303. The first-order valence-electron chi connectivity index (χ1n) is 6.70.